The predicted molar refractivity (Wildman–Crippen MR) is 97.5 cm³/mol. The van der Waals surface area contributed by atoms with Crippen LogP contribution >= 0.6 is 0 Å². The zero-order chi connectivity index (χ0) is 18.8. The summed E-state index contributed by atoms with van der Waals surface area (Å²) in [5.41, 5.74) is 0.762. The molecule has 2 aromatic carbocycles. The lowest BCUT2D eigenvalue weighted by molar-refractivity contribution is -0.120. The summed E-state index contributed by atoms with van der Waals surface area (Å²) in [5.74, 6) is -0.442. The maximum absolute atomic E-state index is 11.9. The van der Waals surface area contributed by atoms with Crippen LogP contribution in [0.2, 0.25) is 0 Å². The third-order valence-corrected chi connectivity index (χ3v) is 3.88. The summed E-state index contributed by atoms with van der Waals surface area (Å²) in [6, 6.07) is 15.0. The number of aromatic amines is 1. The molecule has 2 aromatic heterocycles. The van der Waals surface area contributed by atoms with Crippen LogP contribution < -0.4 is 10.4 Å². The summed E-state index contributed by atoms with van der Waals surface area (Å²) >= 11 is 0. The summed E-state index contributed by atoms with van der Waals surface area (Å²) in [6.45, 7) is -0.352. The number of ether oxygens (including phenoxy) is 1. The molecule has 8 nitrogen and oxygen atoms in total. The van der Waals surface area contributed by atoms with Gasteiger partial charge >= 0.3 is 11.5 Å². The molecule has 0 radical (unpaired) electrons. The fourth-order valence-corrected chi connectivity index (χ4v) is 2.62. The van der Waals surface area contributed by atoms with Gasteiger partial charge in [0.05, 0.1) is 5.52 Å². The number of aromatic hydroxyl groups is 1. The molecule has 0 unspecified atom stereocenters. The van der Waals surface area contributed by atoms with Crippen molar-refractivity contribution >= 4 is 33.5 Å². The molecule has 8 heteroatoms. The molecule has 2 N–H and O–H groups in total. The first-order valence-corrected chi connectivity index (χ1v) is 8.01. The Hall–Kier alpha value is -3.94. The smallest absolute Gasteiger partial charge is 0.336 e. The van der Waals surface area contributed by atoms with Gasteiger partial charge in [0.25, 0.3) is 0 Å². The summed E-state index contributed by atoms with van der Waals surface area (Å²) in [4.78, 5) is 25.9. The van der Waals surface area contributed by atoms with Crippen LogP contribution in [0.5, 0.6) is 11.6 Å². The zero-order valence-corrected chi connectivity index (χ0v) is 13.9. The minimum absolute atomic E-state index is 0.168. The van der Waals surface area contributed by atoms with Crippen molar-refractivity contribution in [1.29, 1.82) is 0 Å². The average Bonchev–Trinajstić information content (AvgIpc) is 2.99. The number of nitrogens with zero attached hydrogens (tertiary/aromatic N) is 2. The van der Waals surface area contributed by atoms with Gasteiger partial charge in [0.2, 0.25) is 5.88 Å². The first-order valence-electron chi connectivity index (χ1n) is 8.01. The van der Waals surface area contributed by atoms with Crippen molar-refractivity contribution < 1.29 is 19.1 Å². The van der Waals surface area contributed by atoms with E-state index in [1.807, 2.05) is 6.07 Å². The maximum atomic E-state index is 11.9. The zero-order valence-electron chi connectivity index (χ0n) is 13.9. The lowest BCUT2D eigenvalue weighted by atomic mass is 10.2. The van der Waals surface area contributed by atoms with Gasteiger partial charge in [-0.3, -0.25) is 4.79 Å². The molecular formula is C19H13N3O5. The topological polar surface area (TPSA) is 117 Å². The Bertz CT molecular complexity index is 1240. The van der Waals surface area contributed by atoms with E-state index in [9.17, 15) is 14.7 Å². The van der Waals surface area contributed by atoms with Crippen LogP contribution in [0.15, 0.2) is 74.0 Å². The number of benzene rings is 2. The molecule has 0 fully saturated rings. The molecule has 4 rings (SSSR count). The minimum atomic E-state index is -0.630. The fraction of sp³-hybridized carbons (Fsp3) is 0.0526. The molecule has 134 valence electrons. The van der Waals surface area contributed by atoms with Gasteiger partial charge in [-0.1, -0.05) is 18.2 Å². The maximum Gasteiger partial charge on any atom is 0.336 e. The van der Waals surface area contributed by atoms with Crippen LogP contribution in [-0.4, -0.2) is 22.6 Å². The number of fused-ring (bicyclic) bond motifs is 2. The van der Waals surface area contributed by atoms with Gasteiger partial charge in [-0.05, 0) is 24.3 Å². The largest absolute Gasteiger partial charge is 0.493 e. The van der Waals surface area contributed by atoms with Gasteiger partial charge in [0.15, 0.2) is 12.3 Å². The Morgan fingerprint density at radius 1 is 1.15 bits per heavy atom. The summed E-state index contributed by atoms with van der Waals surface area (Å²) in [6.07, 6.45) is 0. The molecule has 2 heterocycles. The van der Waals surface area contributed by atoms with E-state index in [0.717, 1.165) is 5.39 Å². The Morgan fingerprint density at radius 2 is 1.96 bits per heavy atom. The summed E-state index contributed by atoms with van der Waals surface area (Å²) in [5, 5.41) is 18.7. The molecule has 4 aromatic rings. The second kappa shape index (κ2) is 6.75. The Labute approximate surface area is 151 Å². The van der Waals surface area contributed by atoms with Crippen molar-refractivity contribution in [2.75, 3.05) is 6.61 Å². The highest BCUT2D eigenvalue weighted by atomic mass is 16.5. The lowest BCUT2D eigenvalue weighted by Gasteiger charge is -2.03. The molecule has 0 bridgehead atoms. The van der Waals surface area contributed by atoms with Crippen LogP contribution in [0.4, 0.5) is 5.69 Å². The number of hydrogen-bond acceptors (Lipinski definition) is 6. The van der Waals surface area contributed by atoms with Crippen molar-refractivity contribution in [1.82, 2.24) is 4.98 Å². The van der Waals surface area contributed by atoms with Gasteiger partial charge in [-0.15, -0.1) is 10.2 Å². The van der Waals surface area contributed by atoms with Crippen molar-refractivity contribution in [2.45, 2.75) is 0 Å². The highest BCUT2D eigenvalue weighted by Crippen LogP contribution is 2.35. The number of carbonyl (C=O) groups is 1. The van der Waals surface area contributed by atoms with E-state index in [0.29, 0.717) is 22.2 Å². The number of nitrogens with one attached hydrogen (secondary N) is 1. The number of carbonyl (C=O) groups excluding carboxylic acids is 1. The molecule has 0 saturated carbocycles. The molecular weight excluding hydrogens is 350 g/mol. The number of aromatic nitrogens is 1. The molecule has 0 aliphatic carbocycles. The first-order chi connectivity index (χ1) is 13.1. The second-order valence-electron chi connectivity index (χ2n) is 5.70. The average molecular weight is 363 g/mol. The van der Waals surface area contributed by atoms with Crippen molar-refractivity contribution in [2.24, 2.45) is 10.2 Å². The SMILES string of the molecule is O=C(COc1ccc2ccc(=O)oc2c1)N=Nc1c(O)[nH]c2ccccc12. The third-order valence-electron chi connectivity index (χ3n) is 3.88. The van der Waals surface area contributed by atoms with Crippen molar-refractivity contribution in [3.63, 3.8) is 0 Å². The number of azo groups is 1. The van der Waals surface area contributed by atoms with Crippen LogP contribution in [0.25, 0.3) is 21.9 Å². The van der Waals surface area contributed by atoms with E-state index < -0.39 is 11.5 Å². The first kappa shape index (κ1) is 16.5. The minimum Gasteiger partial charge on any atom is -0.493 e. The standard InChI is InChI=1S/C19H13N3O5/c23-16(21-22-18-13-3-1-2-4-14(13)20-19(18)25)10-26-12-7-5-11-6-8-17(24)27-15(11)9-12/h1-9,20,25H,10H2. The van der Waals surface area contributed by atoms with Crippen LogP contribution in [0.1, 0.15) is 0 Å². The van der Waals surface area contributed by atoms with E-state index in [-0.39, 0.29) is 18.2 Å². The molecule has 0 aliphatic heterocycles. The van der Waals surface area contributed by atoms with E-state index in [2.05, 4.69) is 15.2 Å². The van der Waals surface area contributed by atoms with Gasteiger partial charge < -0.3 is 19.2 Å². The van der Waals surface area contributed by atoms with Crippen molar-refractivity contribution in [3.8, 4) is 11.6 Å². The number of hydrogen-bond donors (Lipinski definition) is 2. The molecule has 0 saturated heterocycles. The summed E-state index contributed by atoms with van der Waals surface area (Å²) < 4.78 is 10.4. The second-order valence-corrected chi connectivity index (χ2v) is 5.70. The van der Waals surface area contributed by atoms with Crippen molar-refractivity contribution in [3.05, 3.63) is 65.0 Å². The number of rotatable bonds is 4. The monoisotopic (exact) mass is 363 g/mol. The highest BCUT2D eigenvalue weighted by molar-refractivity contribution is 5.94. The van der Waals surface area contributed by atoms with Crippen LogP contribution in [-0.2, 0) is 4.79 Å². The van der Waals surface area contributed by atoms with Crippen LogP contribution in [0.3, 0.4) is 0 Å². The Balaban J connectivity index is 1.47. The van der Waals surface area contributed by atoms with E-state index >= 15 is 0 Å². The molecule has 0 spiro atoms. The number of amides is 1. The molecule has 27 heavy (non-hydrogen) atoms. The quantitative estimate of drug-likeness (QED) is 0.424. The van der Waals surface area contributed by atoms with E-state index in [1.165, 1.54) is 12.1 Å². The van der Waals surface area contributed by atoms with E-state index in [1.54, 1.807) is 36.4 Å². The Kier molecular flexibility index (Phi) is 4.13. The van der Waals surface area contributed by atoms with E-state index in [4.69, 9.17) is 9.15 Å². The van der Waals surface area contributed by atoms with Gasteiger partial charge in [0, 0.05) is 22.9 Å². The van der Waals surface area contributed by atoms with Gasteiger partial charge in [-0.2, -0.15) is 0 Å². The number of H-pyrrole nitrogens is 1. The van der Waals surface area contributed by atoms with Gasteiger partial charge in [0.1, 0.15) is 11.3 Å². The molecule has 1 amide bonds. The highest BCUT2D eigenvalue weighted by Gasteiger charge is 2.10. The Morgan fingerprint density at radius 3 is 2.85 bits per heavy atom. The fourth-order valence-electron chi connectivity index (χ4n) is 2.62. The van der Waals surface area contributed by atoms with Gasteiger partial charge in [-0.25, -0.2) is 4.79 Å². The third kappa shape index (κ3) is 3.40. The predicted octanol–water partition coefficient (Wildman–Crippen LogP) is 3.67. The summed E-state index contributed by atoms with van der Waals surface area (Å²) in [7, 11) is 0. The molecule has 0 aliphatic rings. The number of para-hydroxylation sites is 1. The normalized spacial score (nSPS) is 11.4. The molecule has 0 atom stereocenters. The van der Waals surface area contributed by atoms with Crippen LogP contribution in [0, 0.1) is 0 Å². The lowest BCUT2D eigenvalue weighted by Crippen LogP contribution is -2.07.